The van der Waals surface area contributed by atoms with E-state index in [9.17, 15) is 40.3 Å². The number of amides is 3. The van der Waals surface area contributed by atoms with E-state index in [1.807, 2.05) is 0 Å². The average molecular weight is 494 g/mol. The topological polar surface area (TPSA) is 97.6 Å². The molecule has 0 bridgehead atoms. The number of hydrogen-bond acceptors (Lipinski definition) is 4. The number of carbonyl (C=O) groups is 2. The van der Waals surface area contributed by atoms with Gasteiger partial charge in [0.25, 0.3) is 0 Å². The molecule has 2 aromatic rings. The van der Waals surface area contributed by atoms with Crippen LogP contribution in [-0.4, -0.2) is 46.8 Å². The number of halogens is 7. The number of urea groups is 1. The van der Waals surface area contributed by atoms with E-state index >= 15 is 0 Å². The van der Waals surface area contributed by atoms with Crippen molar-refractivity contribution in [1.29, 1.82) is 0 Å². The quantitative estimate of drug-likeness (QED) is 0.636. The highest BCUT2D eigenvalue weighted by atomic mass is 19.4. The lowest BCUT2D eigenvalue weighted by Gasteiger charge is -2.47. The molecule has 3 rings (SSSR count). The van der Waals surface area contributed by atoms with Crippen molar-refractivity contribution >= 4 is 11.9 Å². The zero-order valence-corrected chi connectivity index (χ0v) is 17.3. The minimum atomic E-state index is -5.22. The Bertz CT molecular complexity index is 1110. The molecular formula is C20H17F7N4O3. The molecule has 0 aliphatic carbocycles. The van der Waals surface area contributed by atoms with Crippen molar-refractivity contribution in [3.63, 3.8) is 0 Å². The Labute approximate surface area is 187 Å². The number of nitrogens with zero attached hydrogens (tertiary/aromatic N) is 2. The van der Waals surface area contributed by atoms with Crippen LogP contribution in [0.4, 0.5) is 35.5 Å². The minimum Gasteiger partial charge on any atom is -0.406 e. The van der Waals surface area contributed by atoms with Gasteiger partial charge in [0.05, 0.1) is 11.6 Å². The summed E-state index contributed by atoms with van der Waals surface area (Å²) in [5.74, 6) is -4.89. The van der Waals surface area contributed by atoms with E-state index in [1.165, 1.54) is 13.0 Å². The summed E-state index contributed by atoms with van der Waals surface area (Å²) in [4.78, 5) is 29.4. The van der Waals surface area contributed by atoms with Gasteiger partial charge >= 0.3 is 18.6 Å². The van der Waals surface area contributed by atoms with Gasteiger partial charge in [0.1, 0.15) is 11.3 Å². The number of primary amides is 1. The number of pyridine rings is 1. The van der Waals surface area contributed by atoms with E-state index in [1.54, 1.807) is 0 Å². The molecule has 1 aliphatic heterocycles. The first-order chi connectivity index (χ1) is 15.6. The van der Waals surface area contributed by atoms with Crippen molar-refractivity contribution in [3.8, 4) is 5.75 Å². The second-order valence-electron chi connectivity index (χ2n) is 7.51. The Morgan fingerprint density at radius 2 is 1.88 bits per heavy atom. The molecule has 3 N–H and O–H groups in total. The lowest BCUT2D eigenvalue weighted by molar-refractivity contribution is -0.274. The van der Waals surface area contributed by atoms with Gasteiger partial charge in [-0.2, -0.15) is 13.2 Å². The summed E-state index contributed by atoms with van der Waals surface area (Å²) in [6.45, 7) is 0.985. The molecule has 1 unspecified atom stereocenters. The molecule has 0 spiro atoms. The summed E-state index contributed by atoms with van der Waals surface area (Å²) in [6.07, 6.45) is -10.3. The van der Waals surface area contributed by atoms with Crippen molar-refractivity contribution in [3.05, 3.63) is 59.2 Å². The Hall–Kier alpha value is -3.58. The van der Waals surface area contributed by atoms with Crippen molar-refractivity contribution in [1.82, 2.24) is 15.2 Å². The van der Waals surface area contributed by atoms with Crippen LogP contribution in [0.1, 0.15) is 29.8 Å². The molecule has 34 heavy (non-hydrogen) atoms. The Morgan fingerprint density at radius 1 is 1.21 bits per heavy atom. The Balaban J connectivity index is 2.29. The van der Waals surface area contributed by atoms with Crippen LogP contribution in [0.2, 0.25) is 0 Å². The first-order valence-corrected chi connectivity index (χ1v) is 9.59. The summed E-state index contributed by atoms with van der Waals surface area (Å²) in [7, 11) is 0. The van der Waals surface area contributed by atoms with Gasteiger partial charge < -0.3 is 20.7 Å². The number of hydrogen-bond donors (Lipinski definition) is 2. The van der Waals surface area contributed by atoms with Crippen LogP contribution >= 0.6 is 0 Å². The first-order valence-electron chi connectivity index (χ1n) is 9.59. The maximum absolute atomic E-state index is 13.9. The summed E-state index contributed by atoms with van der Waals surface area (Å²) in [5, 5.41) is 2.46. The second kappa shape index (κ2) is 8.65. The first kappa shape index (κ1) is 25.1. The van der Waals surface area contributed by atoms with Gasteiger partial charge in [-0.05, 0) is 36.8 Å². The monoisotopic (exact) mass is 494 g/mol. The van der Waals surface area contributed by atoms with Crippen molar-refractivity contribution in [2.75, 3.05) is 13.1 Å². The molecule has 1 saturated heterocycles. The molecule has 2 atom stereocenters. The molecule has 14 heteroatoms. The van der Waals surface area contributed by atoms with Gasteiger partial charge in [-0.15, -0.1) is 13.2 Å². The number of nitrogens with two attached hydrogens (primary N) is 1. The average Bonchev–Trinajstić information content (AvgIpc) is 2.69. The number of carbonyl (C=O) groups excluding carboxylic acids is 2. The minimum absolute atomic E-state index is 0.0358. The highest BCUT2D eigenvalue weighted by molar-refractivity contribution is 5.93. The number of aromatic nitrogens is 1. The van der Waals surface area contributed by atoms with Gasteiger partial charge in [0, 0.05) is 13.1 Å². The largest absolute Gasteiger partial charge is 0.573 e. The predicted molar refractivity (Wildman–Crippen MR) is 102 cm³/mol. The van der Waals surface area contributed by atoms with Gasteiger partial charge in [-0.25, -0.2) is 14.2 Å². The van der Waals surface area contributed by atoms with Crippen LogP contribution in [0.15, 0.2) is 36.4 Å². The maximum Gasteiger partial charge on any atom is 0.573 e. The van der Waals surface area contributed by atoms with Gasteiger partial charge in [-0.3, -0.25) is 4.79 Å². The zero-order valence-electron chi connectivity index (χ0n) is 17.3. The van der Waals surface area contributed by atoms with E-state index < -0.39 is 58.9 Å². The SMILES string of the molecule is CC1([C@H](c2cccc(OC(F)(F)F)c2)c2ccc(F)c(C(F)(F)F)n2)C(=O)NCCN1C(N)=O. The maximum atomic E-state index is 13.9. The number of alkyl halides is 6. The van der Waals surface area contributed by atoms with E-state index in [4.69, 9.17) is 5.73 Å². The normalized spacial score (nSPS) is 20.0. The van der Waals surface area contributed by atoms with Crippen LogP contribution in [0, 0.1) is 5.82 Å². The van der Waals surface area contributed by atoms with Crippen LogP contribution in [0.3, 0.4) is 0 Å². The smallest absolute Gasteiger partial charge is 0.406 e. The van der Waals surface area contributed by atoms with E-state index in [0.29, 0.717) is 6.07 Å². The van der Waals surface area contributed by atoms with Gasteiger partial charge in [0.2, 0.25) is 5.91 Å². The fourth-order valence-corrected chi connectivity index (χ4v) is 3.93. The Kier molecular flexibility index (Phi) is 6.37. The fraction of sp³-hybridized carbons (Fsp3) is 0.350. The summed E-state index contributed by atoms with van der Waals surface area (Å²) < 4.78 is 96.1. The number of ether oxygens (including phenoxy) is 1. The van der Waals surface area contributed by atoms with E-state index in [2.05, 4.69) is 15.0 Å². The van der Waals surface area contributed by atoms with Crippen LogP contribution in [-0.2, 0) is 11.0 Å². The number of nitrogens with one attached hydrogen (secondary N) is 1. The van der Waals surface area contributed by atoms with Crippen LogP contribution in [0.25, 0.3) is 0 Å². The third kappa shape index (κ3) is 4.84. The molecule has 1 aliphatic rings. The molecule has 2 heterocycles. The van der Waals surface area contributed by atoms with Crippen LogP contribution in [0.5, 0.6) is 5.75 Å². The molecule has 3 amide bonds. The molecule has 0 radical (unpaired) electrons. The summed E-state index contributed by atoms with van der Waals surface area (Å²) in [6, 6.07) is 4.29. The van der Waals surface area contributed by atoms with E-state index in [0.717, 1.165) is 29.2 Å². The summed E-state index contributed by atoms with van der Waals surface area (Å²) in [5.41, 5.74) is 0.757. The lowest BCUT2D eigenvalue weighted by Crippen LogP contribution is -2.68. The fourth-order valence-electron chi connectivity index (χ4n) is 3.93. The molecule has 1 fully saturated rings. The standard InChI is InChI=1S/C20H17F7N4O3/c1-18(16(32)29-7-8-31(18)17(28)33)14(10-3-2-4-11(9-10)34-20(25,26)27)13-6-5-12(21)15(30-13)19(22,23)24/h2-6,9,14H,7-8H2,1H3,(H2,28,33)(H,29,32)/t14-,18?/m1/s1. The highest BCUT2D eigenvalue weighted by Gasteiger charge is 2.52. The van der Waals surface area contributed by atoms with Gasteiger partial charge in [0.15, 0.2) is 11.5 Å². The van der Waals surface area contributed by atoms with Crippen molar-refractivity contribution < 1.29 is 45.1 Å². The van der Waals surface area contributed by atoms with E-state index in [-0.39, 0.29) is 18.7 Å². The molecule has 1 aromatic carbocycles. The highest BCUT2D eigenvalue weighted by Crippen LogP contribution is 2.42. The molecule has 7 nitrogen and oxygen atoms in total. The van der Waals surface area contributed by atoms with Crippen LogP contribution < -0.4 is 15.8 Å². The molecule has 184 valence electrons. The number of benzene rings is 1. The molecular weight excluding hydrogens is 477 g/mol. The number of piperazine rings is 1. The summed E-state index contributed by atoms with van der Waals surface area (Å²) >= 11 is 0. The Morgan fingerprint density at radius 3 is 2.47 bits per heavy atom. The third-order valence-electron chi connectivity index (χ3n) is 5.33. The molecule has 0 saturated carbocycles. The molecule has 1 aromatic heterocycles. The lowest BCUT2D eigenvalue weighted by atomic mass is 9.75. The van der Waals surface area contributed by atoms with Crippen molar-refractivity contribution in [2.45, 2.75) is 30.9 Å². The van der Waals surface area contributed by atoms with Gasteiger partial charge in [-0.1, -0.05) is 12.1 Å². The predicted octanol–water partition coefficient (Wildman–Crippen LogP) is 3.54. The third-order valence-corrected chi connectivity index (χ3v) is 5.33. The second-order valence-corrected chi connectivity index (χ2v) is 7.51. The zero-order chi connectivity index (χ0) is 25.5. The van der Waals surface area contributed by atoms with Crippen molar-refractivity contribution in [2.24, 2.45) is 5.73 Å². The number of rotatable bonds is 4.